The molecule has 1 amide bonds. The lowest BCUT2D eigenvalue weighted by Gasteiger charge is -2.11. The van der Waals surface area contributed by atoms with Crippen molar-refractivity contribution in [2.45, 2.75) is 13.8 Å². The predicted molar refractivity (Wildman–Crippen MR) is 112 cm³/mol. The fraction of sp³-hybridized carbons (Fsp3) is 0.0952. The average Bonchev–Trinajstić information content (AvgIpc) is 3.16. The van der Waals surface area contributed by atoms with Crippen LogP contribution in [0.2, 0.25) is 0 Å². The number of anilines is 1. The molecule has 0 saturated heterocycles. The molecule has 2 aromatic heterocycles. The molecule has 3 N–H and O–H groups in total. The van der Waals surface area contributed by atoms with E-state index in [0.717, 1.165) is 11.1 Å². The first kappa shape index (κ1) is 19.8. The first-order valence-electron chi connectivity index (χ1n) is 9.19. The zero-order chi connectivity index (χ0) is 22.1. The summed E-state index contributed by atoms with van der Waals surface area (Å²) >= 11 is 0. The number of fused-ring (bicyclic) bond motifs is 1. The molecule has 0 radical (unpaired) electrons. The fourth-order valence-corrected chi connectivity index (χ4v) is 3.25. The number of rotatable bonds is 4. The number of aromatic nitrogens is 4. The van der Waals surface area contributed by atoms with Crippen LogP contribution in [0.1, 0.15) is 21.5 Å². The van der Waals surface area contributed by atoms with Crippen molar-refractivity contribution in [2.24, 2.45) is 0 Å². The van der Waals surface area contributed by atoms with Crippen molar-refractivity contribution < 1.29 is 19.4 Å². The lowest BCUT2D eigenvalue weighted by Crippen LogP contribution is -2.16. The molecule has 156 valence electrons. The van der Waals surface area contributed by atoms with E-state index in [2.05, 4.69) is 25.1 Å². The summed E-state index contributed by atoms with van der Waals surface area (Å²) in [5.41, 5.74) is 2.68. The highest BCUT2D eigenvalue weighted by Gasteiger charge is 2.14. The van der Waals surface area contributed by atoms with Gasteiger partial charge in [0.2, 0.25) is 5.95 Å². The van der Waals surface area contributed by atoms with E-state index in [-0.39, 0.29) is 23.0 Å². The van der Waals surface area contributed by atoms with Gasteiger partial charge in [0.15, 0.2) is 5.75 Å². The Kier molecular flexibility index (Phi) is 4.96. The van der Waals surface area contributed by atoms with E-state index < -0.39 is 11.7 Å². The maximum atomic E-state index is 12.7. The van der Waals surface area contributed by atoms with Crippen molar-refractivity contribution in [1.82, 2.24) is 19.7 Å². The number of nitrogens with zero attached hydrogens (tertiary/aromatic N) is 3. The zero-order valence-corrected chi connectivity index (χ0v) is 16.5. The number of nitrogens with one attached hydrogen (secondary N) is 2. The van der Waals surface area contributed by atoms with Gasteiger partial charge >= 0.3 is 6.16 Å². The molecule has 0 aliphatic heterocycles. The third-order valence-electron chi connectivity index (χ3n) is 4.64. The summed E-state index contributed by atoms with van der Waals surface area (Å²) in [6, 6.07) is 10.4. The number of ether oxygens (including phenoxy) is 1. The number of hydrogen-bond donors (Lipinski definition) is 3. The normalized spacial score (nSPS) is 10.8. The molecule has 0 fully saturated rings. The minimum Gasteiger partial charge on any atom is -0.449 e. The number of carbonyl (C=O) groups is 2. The molecule has 0 spiro atoms. The predicted octanol–water partition coefficient (Wildman–Crippen LogP) is 3.03. The van der Waals surface area contributed by atoms with Gasteiger partial charge in [0.1, 0.15) is 0 Å². The summed E-state index contributed by atoms with van der Waals surface area (Å²) in [6.45, 7) is 3.72. The van der Waals surface area contributed by atoms with E-state index >= 15 is 0 Å². The molecule has 0 aliphatic carbocycles. The molecule has 0 unspecified atom stereocenters. The van der Waals surface area contributed by atoms with Crippen molar-refractivity contribution in [1.29, 1.82) is 0 Å². The standard InChI is InChI=1S/C21H17N5O5/c1-11-4-3-5-12(2)17(11)19(28)23-13-6-7-16-15(8-13)18(27)25-20(24-16)26-10-14(9-22-26)31-21(29)30/h3-10H,1-2H3,(H,23,28)(H,29,30)(H,24,25,27). The highest BCUT2D eigenvalue weighted by atomic mass is 16.7. The van der Waals surface area contributed by atoms with Crippen molar-refractivity contribution in [3.63, 3.8) is 0 Å². The first-order valence-corrected chi connectivity index (χ1v) is 9.19. The van der Waals surface area contributed by atoms with Crippen LogP contribution in [0.5, 0.6) is 5.75 Å². The van der Waals surface area contributed by atoms with Crippen LogP contribution >= 0.6 is 0 Å². The third-order valence-corrected chi connectivity index (χ3v) is 4.64. The number of aryl methyl sites for hydroxylation is 2. The van der Waals surface area contributed by atoms with Gasteiger partial charge in [0.25, 0.3) is 11.5 Å². The molecule has 10 nitrogen and oxygen atoms in total. The van der Waals surface area contributed by atoms with Crippen LogP contribution in [-0.2, 0) is 0 Å². The van der Waals surface area contributed by atoms with Crippen LogP contribution in [0.25, 0.3) is 16.9 Å². The number of benzene rings is 2. The van der Waals surface area contributed by atoms with Crippen LogP contribution in [-0.4, -0.2) is 36.9 Å². The second-order valence-electron chi connectivity index (χ2n) is 6.83. The Bertz CT molecular complexity index is 1370. The smallest absolute Gasteiger partial charge is 0.449 e. The topological polar surface area (TPSA) is 139 Å². The molecule has 31 heavy (non-hydrogen) atoms. The van der Waals surface area contributed by atoms with E-state index in [1.165, 1.54) is 17.1 Å². The van der Waals surface area contributed by atoms with Gasteiger partial charge in [-0.1, -0.05) is 18.2 Å². The molecule has 2 heterocycles. The minimum atomic E-state index is -1.48. The lowest BCUT2D eigenvalue weighted by molar-refractivity contribution is 0.102. The van der Waals surface area contributed by atoms with Gasteiger partial charge in [-0.3, -0.25) is 14.6 Å². The van der Waals surface area contributed by atoms with Crippen LogP contribution in [0.4, 0.5) is 10.5 Å². The number of amides is 1. The fourth-order valence-electron chi connectivity index (χ4n) is 3.25. The summed E-state index contributed by atoms with van der Waals surface area (Å²) in [4.78, 5) is 42.8. The number of carbonyl (C=O) groups excluding carboxylic acids is 1. The number of H-pyrrole nitrogens is 1. The highest BCUT2D eigenvalue weighted by Crippen LogP contribution is 2.19. The molecule has 0 bridgehead atoms. The van der Waals surface area contributed by atoms with Crippen molar-refractivity contribution in [3.05, 3.63) is 75.8 Å². The average molecular weight is 419 g/mol. The minimum absolute atomic E-state index is 0.0141. The summed E-state index contributed by atoms with van der Waals surface area (Å²) in [7, 11) is 0. The zero-order valence-electron chi connectivity index (χ0n) is 16.5. The summed E-state index contributed by atoms with van der Waals surface area (Å²) in [6.07, 6.45) is 0.983. The van der Waals surface area contributed by atoms with Crippen molar-refractivity contribution >= 4 is 28.7 Å². The Morgan fingerprint density at radius 2 is 1.90 bits per heavy atom. The summed E-state index contributed by atoms with van der Waals surface area (Å²) in [5, 5.41) is 15.7. The van der Waals surface area contributed by atoms with E-state index in [1.807, 2.05) is 32.0 Å². The molecule has 0 atom stereocenters. The molecule has 4 aromatic rings. The molecular formula is C21H17N5O5. The Morgan fingerprint density at radius 3 is 2.61 bits per heavy atom. The van der Waals surface area contributed by atoms with E-state index in [4.69, 9.17) is 5.11 Å². The Morgan fingerprint density at radius 1 is 1.16 bits per heavy atom. The molecule has 4 rings (SSSR count). The van der Waals surface area contributed by atoms with E-state index in [1.54, 1.807) is 18.2 Å². The van der Waals surface area contributed by atoms with Gasteiger partial charge < -0.3 is 15.2 Å². The largest absolute Gasteiger partial charge is 0.511 e. The van der Waals surface area contributed by atoms with E-state index in [9.17, 15) is 14.4 Å². The van der Waals surface area contributed by atoms with Gasteiger partial charge in [-0.15, -0.1) is 0 Å². The maximum Gasteiger partial charge on any atom is 0.511 e. The third kappa shape index (κ3) is 3.99. The summed E-state index contributed by atoms with van der Waals surface area (Å²) in [5.74, 6) is -0.191. The lowest BCUT2D eigenvalue weighted by atomic mass is 10.0. The molecular weight excluding hydrogens is 402 g/mol. The Balaban J connectivity index is 1.64. The highest BCUT2D eigenvalue weighted by molar-refractivity contribution is 6.07. The SMILES string of the molecule is Cc1cccc(C)c1C(=O)Nc1ccc2nc(-n3cc(OC(=O)O)cn3)[nH]c(=O)c2c1. The summed E-state index contributed by atoms with van der Waals surface area (Å²) < 4.78 is 5.70. The number of hydrogen-bond acceptors (Lipinski definition) is 6. The van der Waals surface area contributed by atoms with Crippen molar-refractivity contribution in [2.75, 3.05) is 5.32 Å². The van der Waals surface area contributed by atoms with Gasteiger partial charge in [0, 0.05) is 11.3 Å². The molecule has 0 aliphatic rings. The van der Waals surface area contributed by atoms with Gasteiger partial charge in [-0.05, 0) is 43.2 Å². The number of carboxylic acid groups (broad SMARTS) is 1. The first-order chi connectivity index (χ1) is 14.8. The number of aromatic amines is 1. The van der Waals surface area contributed by atoms with Gasteiger partial charge in [0.05, 0.1) is 23.3 Å². The second kappa shape index (κ2) is 7.75. The van der Waals surface area contributed by atoms with Gasteiger partial charge in [-0.25, -0.2) is 14.5 Å². The van der Waals surface area contributed by atoms with E-state index in [0.29, 0.717) is 16.8 Å². The molecule has 10 heteroatoms. The Labute approximate surface area is 175 Å². The van der Waals surface area contributed by atoms with Crippen LogP contribution in [0.15, 0.2) is 53.6 Å². The second-order valence-corrected chi connectivity index (χ2v) is 6.83. The maximum absolute atomic E-state index is 12.7. The van der Waals surface area contributed by atoms with Gasteiger partial charge in [-0.2, -0.15) is 5.10 Å². The van der Waals surface area contributed by atoms with Crippen LogP contribution in [0, 0.1) is 13.8 Å². The van der Waals surface area contributed by atoms with Crippen molar-refractivity contribution in [3.8, 4) is 11.7 Å². The Hall–Kier alpha value is -4.47. The quantitative estimate of drug-likeness (QED) is 0.432. The van der Waals surface area contributed by atoms with Crippen LogP contribution in [0.3, 0.4) is 0 Å². The monoisotopic (exact) mass is 419 g/mol. The molecule has 0 saturated carbocycles. The van der Waals surface area contributed by atoms with Crippen LogP contribution < -0.4 is 15.6 Å². The molecule has 2 aromatic carbocycles.